The minimum Gasteiger partial charge on any atom is -0.493 e. The summed E-state index contributed by atoms with van der Waals surface area (Å²) in [5.74, 6) is -0.217. The number of unbranched alkanes of at least 4 members (excludes halogenated alkanes) is 1. The Hall–Kier alpha value is -2.07. The number of hydrogen-bond donors (Lipinski definition) is 2. The monoisotopic (exact) mass is 287 g/mol. The van der Waals surface area contributed by atoms with Gasteiger partial charge in [0.25, 0.3) is 0 Å². The van der Waals surface area contributed by atoms with Gasteiger partial charge in [0.2, 0.25) is 0 Å². The van der Waals surface area contributed by atoms with Crippen molar-refractivity contribution in [2.24, 2.45) is 5.73 Å². The lowest BCUT2D eigenvalue weighted by molar-refractivity contribution is -0.137. The lowest BCUT2D eigenvalue weighted by Gasteiger charge is -2.18. The van der Waals surface area contributed by atoms with Gasteiger partial charge in [-0.15, -0.1) is 0 Å². The molecule has 4 heteroatoms. The van der Waals surface area contributed by atoms with Gasteiger partial charge in [0.1, 0.15) is 5.75 Å². The minimum absolute atomic E-state index is 0.113. The van der Waals surface area contributed by atoms with Crippen molar-refractivity contribution in [3.63, 3.8) is 0 Å². The number of benzene rings is 2. The predicted octanol–water partition coefficient (Wildman–Crippen LogP) is 3.49. The third kappa shape index (κ3) is 3.73. The maximum Gasteiger partial charge on any atom is 0.305 e. The van der Waals surface area contributed by atoms with Gasteiger partial charge in [-0.1, -0.05) is 43.7 Å². The van der Waals surface area contributed by atoms with Crippen LogP contribution in [-0.4, -0.2) is 17.7 Å². The fourth-order valence-corrected chi connectivity index (χ4v) is 2.40. The zero-order chi connectivity index (χ0) is 15.2. The summed E-state index contributed by atoms with van der Waals surface area (Å²) in [6.07, 6.45) is 1.89. The van der Waals surface area contributed by atoms with Gasteiger partial charge in [0.15, 0.2) is 0 Å². The Morgan fingerprint density at radius 3 is 2.76 bits per heavy atom. The molecule has 1 unspecified atom stereocenters. The largest absolute Gasteiger partial charge is 0.493 e. The summed E-state index contributed by atoms with van der Waals surface area (Å²) < 4.78 is 5.82. The normalized spacial score (nSPS) is 12.3. The number of nitrogens with two attached hydrogens (primary N) is 1. The zero-order valence-corrected chi connectivity index (χ0v) is 12.2. The van der Waals surface area contributed by atoms with E-state index < -0.39 is 12.0 Å². The second-order valence-corrected chi connectivity index (χ2v) is 5.10. The molecule has 3 N–H and O–H groups in total. The molecule has 0 aromatic heterocycles. The Bertz CT molecular complexity index is 624. The van der Waals surface area contributed by atoms with Gasteiger partial charge in [-0.05, 0) is 23.3 Å². The molecule has 0 aliphatic rings. The minimum atomic E-state index is -0.907. The summed E-state index contributed by atoms with van der Waals surface area (Å²) in [5, 5.41) is 11.0. The average Bonchev–Trinajstić information content (AvgIpc) is 2.46. The maximum absolute atomic E-state index is 11.0. The Morgan fingerprint density at radius 2 is 2.05 bits per heavy atom. The van der Waals surface area contributed by atoms with Crippen LogP contribution < -0.4 is 10.5 Å². The van der Waals surface area contributed by atoms with E-state index in [-0.39, 0.29) is 6.42 Å². The molecule has 0 saturated carbocycles. The summed E-state index contributed by atoms with van der Waals surface area (Å²) in [4.78, 5) is 11.0. The van der Waals surface area contributed by atoms with Gasteiger partial charge in [-0.2, -0.15) is 0 Å². The number of carboxylic acid groups (broad SMARTS) is 1. The van der Waals surface area contributed by atoms with E-state index in [0.717, 1.165) is 29.2 Å². The van der Waals surface area contributed by atoms with Crippen molar-refractivity contribution >= 4 is 16.7 Å². The summed E-state index contributed by atoms with van der Waals surface area (Å²) in [7, 11) is 0. The van der Waals surface area contributed by atoms with Crippen LogP contribution >= 0.6 is 0 Å². The van der Waals surface area contributed by atoms with Crippen LogP contribution in [0.3, 0.4) is 0 Å². The van der Waals surface area contributed by atoms with E-state index in [1.165, 1.54) is 0 Å². The molecule has 21 heavy (non-hydrogen) atoms. The predicted molar refractivity (Wildman–Crippen MR) is 83.5 cm³/mol. The summed E-state index contributed by atoms with van der Waals surface area (Å²) in [5.41, 5.74) is 6.89. The molecule has 2 rings (SSSR count). The number of ether oxygens (including phenoxy) is 1. The molecule has 0 bridgehead atoms. The van der Waals surface area contributed by atoms with Gasteiger partial charge in [0, 0.05) is 11.6 Å². The van der Waals surface area contributed by atoms with E-state index in [2.05, 4.69) is 6.92 Å². The van der Waals surface area contributed by atoms with Crippen molar-refractivity contribution in [1.29, 1.82) is 0 Å². The highest BCUT2D eigenvalue weighted by Gasteiger charge is 2.18. The molecule has 0 radical (unpaired) electrons. The Kier molecular flexibility index (Phi) is 5.17. The molecular formula is C17H21NO3. The molecule has 0 spiro atoms. The molecule has 0 aliphatic heterocycles. The first kappa shape index (κ1) is 15.3. The Labute approximate surface area is 124 Å². The smallest absolute Gasteiger partial charge is 0.305 e. The third-order valence-electron chi connectivity index (χ3n) is 3.45. The number of rotatable bonds is 7. The fraction of sp³-hybridized carbons (Fsp3) is 0.353. The van der Waals surface area contributed by atoms with E-state index in [1.54, 1.807) is 0 Å². The van der Waals surface area contributed by atoms with E-state index in [1.807, 2.05) is 36.4 Å². The van der Waals surface area contributed by atoms with Gasteiger partial charge in [-0.25, -0.2) is 0 Å². The van der Waals surface area contributed by atoms with Gasteiger partial charge >= 0.3 is 5.97 Å². The van der Waals surface area contributed by atoms with Crippen LogP contribution in [0.4, 0.5) is 0 Å². The highest BCUT2D eigenvalue weighted by Crippen LogP contribution is 2.33. The summed E-state index contributed by atoms with van der Waals surface area (Å²) in [6, 6.07) is 11.1. The van der Waals surface area contributed by atoms with Gasteiger partial charge in [0.05, 0.1) is 13.0 Å². The SMILES string of the molecule is CCCCOc1ccc2ccccc2c1C(N)CC(=O)O. The molecule has 1 atom stereocenters. The first-order valence-electron chi connectivity index (χ1n) is 7.25. The number of hydrogen-bond acceptors (Lipinski definition) is 3. The number of aliphatic carboxylic acids is 1. The molecule has 0 saturated heterocycles. The van der Waals surface area contributed by atoms with Crippen molar-refractivity contribution < 1.29 is 14.6 Å². The van der Waals surface area contributed by atoms with E-state index in [4.69, 9.17) is 15.6 Å². The number of carboxylic acids is 1. The topological polar surface area (TPSA) is 72.5 Å². The van der Waals surface area contributed by atoms with Crippen molar-refractivity contribution in [2.75, 3.05) is 6.61 Å². The van der Waals surface area contributed by atoms with Crippen LogP contribution in [-0.2, 0) is 4.79 Å². The highest BCUT2D eigenvalue weighted by molar-refractivity contribution is 5.88. The van der Waals surface area contributed by atoms with Crippen molar-refractivity contribution in [3.8, 4) is 5.75 Å². The zero-order valence-electron chi connectivity index (χ0n) is 12.2. The average molecular weight is 287 g/mol. The quantitative estimate of drug-likeness (QED) is 0.764. The van der Waals surface area contributed by atoms with Gasteiger partial charge < -0.3 is 15.6 Å². The van der Waals surface area contributed by atoms with Crippen molar-refractivity contribution in [1.82, 2.24) is 0 Å². The van der Waals surface area contributed by atoms with Gasteiger partial charge in [-0.3, -0.25) is 4.79 Å². The highest BCUT2D eigenvalue weighted by atomic mass is 16.5. The molecule has 0 fully saturated rings. The summed E-state index contributed by atoms with van der Waals surface area (Å²) >= 11 is 0. The molecule has 0 amide bonds. The first-order chi connectivity index (χ1) is 10.1. The van der Waals surface area contributed by atoms with Crippen molar-refractivity contribution in [3.05, 3.63) is 42.0 Å². The molecular weight excluding hydrogens is 266 g/mol. The van der Waals surface area contributed by atoms with Crippen LogP contribution in [0, 0.1) is 0 Å². The lowest BCUT2D eigenvalue weighted by atomic mass is 9.96. The molecule has 0 heterocycles. The van der Waals surface area contributed by atoms with E-state index in [0.29, 0.717) is 12.4 Å². The second-order valence-electron chi connectivity index (χ2n) is 5.10. The Balaban J connectivity index is 2.43. The van der Waals surface area contributed by atoms with Crippen LogP contribution in [0.1, 0.15) is 37.8 Å². The van der Waals surface area contributed by atoms with Crippen LogP contribution in [0.25, 0.3) is 10.8 Å². The standard InChI is InChI=1S/C17H21NO3/c1-2-3-10-21-15-9-8-12-6-4-5-7-13(12)17(15)14(18)11-16(19)20/h4-9,14H,2-3,10-11,18H2,1H3,(H,19,20). The van der Waals surface area contributed by atoms with E-state index in [9.17, 15) is 4.79 Å². The lowest BCUT2D eigenvalue weighted by Crippen LogP contribution is -2.17. The Morgan fingerprint density at radius 1 is 1.29 bits per heavy atom. The molecule has 2 aromatic carbocycles. The van der Waals surface area contributed by atoms with E-state index >= 15 is 0 Å². The van der Waals surface area contributed by atoms with Crippen LogP contribution in [0.2, 0.25) is 0 Å². The second kappa shape index (κ2) is 7.09. The summed E-state index contributed by atoms with van der Waals surface area (Å²) in [6.45, 7) is 2.71. The molecule has 112 valence electrons. The van der Waals surface area contributed by atoms with Crippen LogP contribution in [0.5, 0.6) is 5.75 Å². The molecule has 4 nitrogen and oxygen atoms in total. The number of fused-ring (bicyclic) bond motifs is 1. The molecule has 0 aliphatic carbocycles. The van der Waals surface area contributed by atoms with Crippen LogP contribution in [0.15, 0.2) is 36.4 Å². The first-order valence-corrected chi connectivity index (χ1v) is 7.25. The number of carbonyl (C=O) groups is 1. The van der Waals surface area contributed by atoms with Crippen molar-refractivity contribution in [2.45, 2.75) is 32.2 Å². The molecule has 2 aromatic rings. The maximum atomic E-state index is 11.0. The fourth-order valence-electron chi connectivity index (χ4n) is 2.40. The third-order valence-corrected chi connectivity index (χ3v) is 3.45.